The van der Waals surface area contributed by atoms with E-state index in [2.05, 4.69) is 5.32 Å². The zero-order chi connectivity index (χ0) is 16.4. The Labute approximate surface area is 129 Å². The van der Waals surface area contributed by atoms with E-state index < -0.39 is 5.97 Å². The summed E-state index contributed by atoms with van der Waals surface area (Å²) in [6.45, 7) is 7.49. The van der Waals surface area contributed by atoms with Crippen molar-refractivity contribution in [1.29, 1.82) is 0 Å². The molecule has 0 saturated carbocycles. The first kappa shape index (κ1) is 15.8. The molecule has 0 unspecified atom stereocenters. The minimum Gasteiger partial charge on any atom is -0.478 e. The Bertz CT molecular complexity index is 728. The van der Waals surface area contributed by atoms with Crippen molar-refractivity contribution < 1.29 is 19.1 Å². The van der Waals surface area contributed by atoms with Gasteiger partial charge in [0.25, 0.3) is 5.91 Å². The minimum absolute atomic E-state index is 0.160. The highest BCUT2D eigenvalue weighted by Crippen LogP contribution is 2.24. The van der Waals surface area contributed by atoms with Crippen LogP contribution in [-0.2, 0) is 0 Å². The van der Waals surface area contributed by atoms with Crippen molar-refractivity contribution in [2.75, 3.05) is 5.32 Å². The van der Waals surface area contributed by atoms with Gasteiger partial charge in [-0.2, -0.15) is 0 Å². The first-order valence-electron chi connectivity index (χ1n) is 7.04. The van der Waals surface area contributed by atoms with Crippen LogP contribution in [0.5, 0.6) is 0 Å². The summed E-state index contributed by atoms with van der Waals surface area (Å²) in [6.07, 6.45) is 1.48. The molecule has 0 radical (unpaired) electrons. The number of benzene rings is 1. The summed E-state index contributed by atoms with van der Waals surface area (Å²) in [5.41, 5.74) is 2.92. The predicted molar refractivity (Wildman–Crippen MR) is 83.6 cm³/mol. The van der Waals surface area contributed by atoms with E-state index in [1.807, 2.05) is 20.8 Å². The van der Waals surface area contributed by atoms with Crippen LogP contribution in [0.2, 0.25) is 0 Å². The molecule has 5 heteroatoms. The van der Waals surface area contributed by atoms with E-state index in [0.717, 1.165) is 11.1 Å². The van der Waals surface area contributed by atoms with Gasteiger partial charge in [0.15, 0.2) is 5.76 Å². The number of amides is 1. The maximum Gasteiger partial charge on any atom is 0.336 e. The summed E-state index contributed by atoms with van der Waals surface area (Å²) in [5.74, 6) is -0.981. The third kappa shape index (κ3) is 3.03. The number of aromatic carboxylic acids is 1. The highest BCUT2D eigenvalue weighted by molar-refractivity contribution is 6.04. The van der Waals surface area contributed by atoms with Gasteiger partial charge in [-0.25, -0.2) is 4.79 Å². The first-order chi connectivity index (χ1) is 10.3. The van der Waals surface area contributed by atoms with E-state index in [0.29, 0.717) is 11.3 Å². The summed E-state index contributed by atoms with van der Waals surface area (Å²) in [6, 6.07) is 4.98. The molecule has 1 aromatic heterocycles. The van der Waals surface area contributed by atoms with Crippen molar-refractivity contribution in [3.63, 3.8) is 0 Å². The van der Waals surface area contributed by atoms with Crippen molar-refractivity contribution in [1.82, 2.24) is 0 Å². The molecule has 0 aliphatic rings. The number of furan rings is 1. The van der Waals surface area contributed by atoms with E-state index in [1.54, 1.807) is 19.1 Å². The fourth-order valence-corrected chi connectivity index (χ4v) is 2.35. The summed E-state index contributed by atoms with van der Waals surface area (Å²) in [4.78, 5) is 23.6. The fraction of sp³-hybridized carbons (Fsp3) is 0.294. The Kier molecular flexibility index (Phi) is 4.35. The molecular formula is C17H19NO4. The minimum atomic E-state index is -1.02. The van der Waals surface area contributed by atoms with Gasteiger partial charge in [-0.1, -0.05) is 19.9 Å². The number of hydrogen-bond donors (Lipinski definition) is 2. The van der Waals surface area contributed by atoms with Crippen molar-refractivity contribution in [2.45, 2.75) is 33.6 Å². The number of carboxylic acids is 1. The van der Waals surface area contributed by atoms with Gasteiger partial charge in [-0.15, -0.1) is 0 Å². The Hall–Kier alpha value is -2.56. The molecular weight excluding hydrogens is 282 g/mol. The second-order valence-electron chi connectivity index (χ2n) is 5.60. The molecule has 22 heavy (non-hydrogen) atoms. The zero-order valence-corrected chi connectivity index (χ0v) is 13.1. The van der Waals surface area contributed by atoms with Gasteiger partial charge in [-0.3, -0.25) is 4.79 Å². The summed E-state index contributed by atoms with van der Waals surface area (Å²) < 4.78 is 5.27. The molecule has 116 valence electrons. The highest BCUT2D eigenvalue weighted by atomic mass is 16.4. The average Bonchev–Trinajstić information content (AvgIpc) is 2.90. The Morgan fingerprint density at radius 1 is 1.18 bits per heavy atom. The van der Waals surface area contributed by atoms with Gasteiger partial charge in [0.1, 0.15) is 0 Å². The molecule has 1 amide bonds. The summed E-state index contributed by atoms with van der Waals surface area (Å²) >= 11 is 0. The van der Waals surface area contributed by atoms with Crippen molar-refractivity contribution >= 4 is 17.6 Å². The molecule has 2 aromatic rings. The van der Waals surface area contributed by atoms with Gasteiger partial charge in [-0.05, 0) is 43.0 Å². The number of aryl methyl sites for hydroxylation is 2. The van der Waals surface area contributed by atoms with Gasteiger partial charge in [0.05, 0.1) is 11.8 Å². The van der Waals surface area contributed by atoms with Crippen LogP contribution in [0.25, 0.3) is 0 Å². The number of carbonyl (C=O) groups excluding carboxylic acids is 1. The van der Waals surface area contributed by atoms with Gasteiger partial charge in [0.2, 0.25) is 0 Å². The van der Waals surface area contributed by atoms with Crippen LogP contribution in [-0.4, -0.2) is 17.0 Å². The molecule has 0 spiro atoms. The maximum absolute atomic E-state index is 12.4. The lowest BCUT2D eigenvalue weighted by molar-refractivity contribution is 0.0695. The molecule has 2 N–H and O–H groups in total. The maximum atomic E-state index is 12.4. The lowest BCUT2D eigenvalue weighted by Gasteiger charge is -2.12. The molecule has 2 rings (SSSR count). The van der Waals surface area contributed by atoms with Crippen molar-refractivity contribution in [3.8, 4) is 0 Å². The smallest absolute Gasteiger partial charge is 0.336 e. The van der Waals surface area contributed by atoms with Crippen LogP contribution in [0.1, 0.15) is 57.4 Å². The average molecular weight is 301 g/mol. The number of carbonyl (C=O) groups is 2. The third-order valence-electron chi connectivity index (χ3n) is 3.57. The van der Waals surface area contributed by atoms with E-state index >= 15 is 0 Å². The van der Waals surface area contributed by atoms with Crippen LogP contribution < -0.4 is 5.32 Å². The van der Waals surface area contributed by atoms with E-state index in [-0.39, 0.29) is 23.1 Å². The second kappa shape index (κ2) is 6.05. The number of nitrogens with one attached hydrogen (secondary N) is 1. The lowest BCUT2D eigenvalue weighted by atomic mass is 10.0. The van der Waals surface area contributed by atoms with Crippen molar-refractivity contribution in [3.05, 3.63) is 52.5 Å². The van der Waals surface area contributed by atoms with Crippen molar-refractivity contribution in [2.24, 2.45) is 0 Å². The molecule has 5 nitrogen and oxygen atoms in total. The van der Waals surface area contributed by atoms with Gasteiger partial charge >= 0.3 is 5.97 Å². The lowest BCUT2D eigenvalue weighted by Crippen LogP contribution is -2.15. The summed E-state index contributed by atoms with van der Waals surface area (Å²) in [7, 11) is 0. The topological polar surface area (TPSA) is 79.5 Å². The molecule has 0 aliphatic heterocycles. The Morgan fingerprint density at radius 2 is 1.86 bits per heavy atom. The molecule has 1 aromatic carbocycles. The summed E-state index contributed by atoms with van der Waals surface area (Å²) in [5, 5.41) is 11.9. The molecule has 0 atom stereocenters. The number of anilines is 1. The Morgan fingerprint density at radius 3 is 2.45 bits per heavy atom. The predicted octanol–water partition coefficient (Wildman–Crippen LogP) is 3.97. The highest BCUT2D eigenvalue weighted by Gasteiger charge is 2.19. The standard InChI is InChI=1S/C17H19NO4/c1-9(2)12-5-6-22-15(12)16(19)18-14-8-13(17(20)21)10(3)7-11(14)4/h5-9H,1-4H3,(H,18,19)(H,20,21). The largest absolute Gasteiger partial charge is 0.478 e. The van der Waals surface area contributed by atoms with Crippen LogP contribution in [0.15, 0.2) is 28.9 Å². The molecule has 0 saturated heterocycles. The molecule has 0 bridgehead atoms. The first-order valence-corrected chi connectivity index (χ1v) is 7.04. The van der Waals surface area contributed by atoms with Gasteiger partial charge < -0.3 is 14.8 Å². The van der Waals surface area contributed by atoms with Crippen LogP contribution in [0, 0.1) is 13.8 Å². The van der Waals surface area contributed by atoms with E-state index in [9.17, 15) is 14.7 Å². The van der Waals surface area contributed by atoms with Crippen LogP contribution >= 0.6 is 0 Å². The zero-order valence-electron chi connectivity index (χ0n) is 13.1. The van der Waals surface area contributed by atoms with E-state index in [1.165, 1.54) is 12.3 Å². The molecule has 0 fully saturated rings. The molecule has 0 aliphatic carbocycles. The quantitative estimate of drug-likeness (QED) is 0.895. The normalized spacial score (nSPS) is 10.8. The van der Waals surface area contributed by atoms with Crippen LogP contribution in [0.3, 0.4) is 0 Å². The number of hydrogen-bond acceptors (Lipinski definition) is 3. The number of rotatable bonds is 4. The SMILES string of the molecule is Cc1cc(C)c(C(=O)O)cc1NC(=O)c1occc1C(C)C. The van der Waals surface area contributed by atoms with Gasteiger partial charge in [0, 0.05) is 11.3 Å². The second-order valence-corrected chi connectivity index (χ2v) is 5.60. The fourth-order valence-electron chi connectivity index (χ4n) is 2.35. The third-order valence-corrected chi connectivity index (χ3v) is 3.57. The monoisotopic (exact) mass is 301 g/mol. The van der Waals surface area contributed by atoms with Crippen LogP contribution in [0.4, 0.5) is 5.69 Å². The number of carboxylic acid groups (broad SMARTS) is 1. The van der Waals surface area contributed by atoms with E-state index in [4.69, 9.17) is 4.42 Å². The molecule has 1 heterocycles. The Balaban J connectivity index is 2.34.